The van der Waals surface area contributed by atoms with Gasteiger partial charge in [-0.2, -0.15) is 0 Å². The number of quaternary nitrogens is 1. The molecule has 5 N–H and O–H groups in total. The van der Waals surface area contributed by atoms with Crippen LogP contribution in [0.3, 0.4) is 0 Å². The fraction of sp³-hybridized carbons (Fsp3) is 0.476. The first kappa shape index (κ1) is 25.0. The van der Waals surface area contributed by atoms with Crippen LogP contribution in [0.15, 0.2) is 46.0 Å². The Morgan fingerprint density at radius 2 is 1.67 bits per heavy atom. The van der Waals surface area contributed by atoms with Crippen LogP contribution in [0.25, 0.3) is 0 Å². The second-order valence-electron chi connectivity index (χ2n) is 6.77. The Hall–Kier alpha value is -3.07. The molecule has 0 aliphatic rings. The van der Waals surface area contributed by atoms with E-state index < -0.39 is 12.0 Å². The van der Waals surface area contributed by atoms with Crippen molar-refractivity contribution in [3.63, 3.8) is 0 Å². The average Bonchev–Trinajstić information content (AvgIpc) is 3.39. The van der Waals surface area contributed by atoms with Crippen LogP contribution in [0.5, 0.6) is 0 Å². The van der Waals surface area contributed by atoms with Gasteiger partial charge >= 0.3 is 0 Å². The van der Waals surface area contributed by atoms with Crippen LogP contribution < -0.4 is 21.5 Å². The Labute approximate surface area is 176 Å². The van der Waals surface area contributed by atoms with Crippen molar-refractivity contribution < 1.29 is 34.1 Å². The molecular weight excluding hydrogens is 390 g/mol. The summed E-state index contributed by atoms with van der Waals surface area (Å²) < 4.78 is 10.0. The van der Waals surface area contributed by atoms with Crippen molar-refractivity contribution in [1.29, 1.82) is 0 Å². The molecule has 2 heterocycles. The van der Waals surface area contributed by atoms with E-state index in [1.165, 1.54) is 0 Å². The van der Waals surface area contributed by atoms with E-state index >= 15 is 0 Å². The molecule has 2 amide bonds. The maximum atomic E-state index is 12.5. The van der Waals surface area contributed by atoms with Gasteiger partial charge in [-0.3, -0.25) is 9.59 Å². The zero-order valence-corrected chi connectivity index (χ0v) is 17.4. The minimum absolute atomic E-state index is 0.129. The first-order valence-corrected chi connectivity index (χ1v) is 9.98. The predicted octanol–water partition coefficient (Wildman–Crippen LogP) is -0.183. The fourth-order valence-electron chi connectivity index (χ4n) is 2.64. The van der Waals surface area contributed by atoms with E-state index in [1.807, 2.05) is 12.1 Å². The molecule has 0 aromatic carbocycles. The first-order valence-electron chi connectivity index (χ1n) is 9.98. The summed E-state index contributed by atoms with van der Waals surface area (Å²) in [6, 6.07) is 3.19. The molecule has 2 rings (SSSR count). The molecule has 0 fully saturated rings. The average molecular weight is 421 g/mol. The number of nitrogens with one attached hydrogen (secondary N) is 2. The summed E-state index contributed by atoms with van der Waals surface area (Å²) in [6.07, 6.45) is 10.5. The third-order valence-corrected chi connectivity index (χ3v) is 4.16. The molecule has 2 aromatic heterocycles. The number of aliphatic carboxylic acids is 1. The zero-order valence-electron chi connectivity index (χ0n) is 17.4. The lowest BCUT2D eigenvalue weighted by molar-refractivity contribution is -0.368. The Kier molecular flexibility index (Phi) is 12.4. The van der Waals surface area contributed by atoms with Gasteiger partial charge in [0.05, 0.1) is 31.6 Å². The van der Waals surface area contributed by atoms with Gasteiger partial charge in [-0.05, 0) is 62.3 Å². The van der Waals surface area contributed by atoms with Crippen LogP contribution in [0.2, 0.25) is 0 Å². The van der Waals surface area contributed by atoms with Crippen LogP contribution in [0.4, 0.5) is 0 Å². The first-order chi connectivity index (χ1) is 14.4. The monoisotopic (exact) mass is 421 g/mol. The Bertz CT molecular complexity index is 724. The number of hydrogen-bond acceptors (Lipinski definition) is 6. The number of amides is 2. The molecule has 166 valence electrons. The van der Waals surface area contributed by atoms with E-state index in [4.69, 9.17) is 18.7 Å². The third kappa shape index (κ3) is 11.7. The van der Waals surface area contributed by atoms with Gasteiger partial charge in [0.2, 0.25) is 11.8 Å². The van der Waals surface area contributed by atoms with Gasteiger partial charge in [-0.15, -0.1) is 0 Å². The topological polar surface area (TPSA) is 152 Å². The largest absolute Gasteiger partial charge is 0.550 e. The predicted molar refractivity (Wildman–Crippen MR) is 107 cm³/mol. The number of carboxylic acid groups (broad SMARTS) is 1. The Morgan fingerprint density at radius 1 is 1.07 bits per heavy atom. The number of aryl methyl sites for hydroxylation is 1. The molecule has 9 nitrogen and oxygen atoms in total. The highest BCUT2D eigenvalue weighted by molar-refractivity contribution is 5.87. The number of rotatable bonds is 12. The van der Waals surface area contributed by atoms with Gasteiger partial charge in [0, 0.05) is 18.9 Å². The second-order valence-corrected chi connectivity index (χ2v) is 6.77. The molecule has 0 spiro atoms. The quantitative estimate of drug-likeness (QED) is 0.404. The van der Waals surface area contributed by atoms with Crippen LogP contribution in [0.1, 0.15) is 43.7 Å². The molecule has 0 unspecified atom stereocenters. The van der Waals surface area contributed by atoms with Crippen LogP contribution in [-0.2, 0) is 27.2 Å². The highest BCUT2D eigenvalue weighted by atomic mass is 16.4. The number of unbranched alkanes of at least 4 members (excludes halogenated alkanes) is 1. The van der Waals surface area contributed by atoms with E-state index in [0.29, 0.717) is 32.2 Å². The number of carboxylic acids is 1. The lowest BCUT2D eigenvalue weighted by Crippen LogP contribution is -2.50. The molecule has 2 aromatic rings. The van der Waals surface area contributed by atoms with Crippen molar-refractivity contribution in [3.8, 4) is 0 Å². The standard InChI is InChI=1S/C19H27N3O4.C2H4O2/c20-9-2-1-3-17(19(24)21-10-6-16-8-12-26-14-16)22-18(23)5-4-15-7-11-25-13-15;1-2(3)4/h7-8,11-14,17H,1-6,9-10,20H2,(H,21,24)(H,22,23);1H3,(H,3,4)/t17-;/m0./s1. The van der Waals surface area contributed by atoms with Crippen molar-refractivity contribution in [2.24, 2.45) is 0 Å². The molecule has 0 aliphatic heterocycles. The third-order valence-electron chi connectivity index (χ3n) is 4.16. The van der Waals surface area contributed by atoms with Crippen LogP contribution in [0, 0.1) is 0 Å². The maximum absolute atomic E-state index is 12.5. The Balaban J connectivity index is 0.00000103. The van der Waals surface area contributed by atoms with Gasteiger partial charge < -0.3 is 35.1 Å². The van der Waals surface area contributed by atoms with Gasteiger partial charge in [0.25, 0.3) is 0 Å². The smallest absolute Gasteiger partial charge is 0.242 e. The molecule has 1 atom stereocenters. The highest BCUT2D eigenvalue weighted by Crippen LogP contribution is 2.06. The van der Waals surface area contributed by atoms with Crippen molar-refractivity contribution in [1.82, 2.24) is 10.6 Å². The van der Waals surface area contributed by atoms with E-state index in [9.17, 15) is 9.59 Å². The van der Waals surface area contributed by atoms with Crippen molar-refractivity contribution in [2.45, 2.75) is 51.5 Å². The van der Waals surface area contributed by atoms with Crippen LogP contribution >= 0.6 is 0 Å². The van der Waals surface area contributed by atoms with Gasteiger partial charge in [-0.25, -0.2) is 0 Å². The minimum atomic E-state index is -1.08. The minimum Gasteiger partial charge on any atom is -0.550 e. The van der Waals surface area contributed by atoms with Gasteiger partial charge in [-0.1, -0.05) is 0 Å². The van der Waals surface area contributed by atoms with E-state index in [-0.39, 0.29) is 11.8 Å². The maximum Gasteiger partial charge on any atom is 0.242 e. The molecule has 30 heavy (non-hydrogen) atoms. The molecule has 0 saturated carbocycles. The summed E-state index contributed by atoms with van der Waals surface area (Å²) in [5.41, 5.74) is 5.82. The highest BCUT2D eigenvalue weighted by Gasteiger charge is 2.20. The molecule has 9 heteroatoms. The van der Waals surface area contributed by atoms with Crippen molar-refractivity contribution in [2.75, 3.05) is 13.1 Å². The second kappa shape index (κ2) is 14.9. The van der Waals surface area contributed by atoms with E-state index in [1.54, 1.807) is 25.1 Å². The SMILES string of the molecule is CC(=O)[O-].[NH3+]CCCC[C@H](NC(=O)CCc1ccoc1)C(=O)NCCc1ccoc1. The number of furan rings is 2. The summed E-state index contributed by atoms with van der Waals surface area (Å²) in [7, 11) is 0. The molecule has 0 bridgehead atoms. The van der Waals surface area contributed by atoms with E-state index in [0.717, 1.165) is 37.4 Å². The van der Waals surface area contributed by atoms with Crippen LogP contribution in [-0.4, -0.2) is 36.9 Å². The Morgan fingerprint density at radius 3 is 2.20 bits per heavy atom. The summed E-state index contributed by atoms with van der Waals surface area (Å²) in [6.45, 7) is 2.30. The molecule has 0 aliphatic carbocycles. The number of carbonyl (C=O) groups excluding carboxylic acids is 3. The van der Waals surface area contributed by atoms with Crippen molar-refractivity contribution in [3.05, 3.63) is 48.3 Å². The molecule has 0 saturated heterocycles. The lowest BCUT2D eigenvalue weighted by atomic mass is 10.1. The molecule has 0 radical (unpaired) electrons. The summed E-state index contributed by atoms with van der Waals surface area (Å²) in [5.74, 6) is -1.36. The fourth-order valence-corrected chi connectivity index (χ4v) is 2.64. The number of hydrogen-bond donors (Lipinski definition) is 3. The summed E-state index contributed by atoms with van der Waals surface area (Å²) in [4.78, 5) is 33.5. The van der Waals surface area contributed by atoms with Gasteiger partial charge in [0.15, 0.2) is 0 Å². The number of carbonyl (C=O) groups is 3. The van der Waals surface area contributed by atoms with Gasteiger partial charge in [0.1, 0.15) is 6.04 Å². The lowest BCUT2D eigenvalue weighted by Gasteiger charge is -2.18. The summed E-state index contributed by atoms with van der Waals surface area (Å²) in [5, 5.41) is 14.6. The van der Waals surface area contributed by atoms with Crippen molar-refractivity contribution >= 4 is 17.8 Å². The normalized spacial score (nSPS) is 11.1. The van der Waals surface area contributed by atoms with E-state index in [2.05, 4.69) is 16.4 Å². The zero-order chi connectivity index (χ0) is 22.2. The molecular formula is C21H31N3O6. The summed E-state index contributed by atoms with van der Waals surface area (Å²) >= 11 is 0.